The number of ether oxygens (including phenoxy) is 1. The summed E-state index contributed by atoms with van der Waals surface area (Å²) in [7, 11) is 1.25. The molecule has 1 atom stereocenters. The first-order valence-electron chi connectivity index (χ1n) is 5.50. The summed E-state index contributed by atoms with van der Waals surface area (Å²) in [5.41, 5.74) is 5.46. The van der Waals surface area contributed by atoms with E-state index in [-0.39, 0.29) is 6.54 Å². The van der Waals surface area contributed by atoms with E-state index in [9.17, 15) is 14.4 Å². The van der Waals surface area contributed by atoms with Crippen LogP contribution in [0.25, 0.3) is 0 Å². The van der Waals surface area contributed by atoms with E-state index in [2.05, 4.69) is 10.1 Å². The van der Waals surface area contributed by atoms with Gasteiger partial charge in [-0.3, -0.25) is 15.4 Å². The van der Waals surface area contributed by atoms with Crippen molar-refractivity contribution in [3.63, 3.8) is 0 Å². The first-order valence-corrected chi connectivity index (χ1v) is 5.50. The van der Waals surface area contributed by atoms with E-state index in [1.54, 1.807) is 30.3 Å². The number of amides is 3. The van der Waals surface area contributed by atoms with Crippen molar-refractivity contribution >= 4 is 17.9 Å². The van der Waals surface area contributed by atoms with Gasteiger partial charge in [-0.25, -0.2) is 9.59 Å². The molecule has 4 N–H and O–H groups in total. The van der Waals surface area contributed by atoms with E-state index in [4.69, 9.17) is 5.73 Å². The standard InChI is InChI=1S/C12H15N3O4/c1-19-11(17)10(8-5-3-2-4-6-8)14-7-9(16)15-12(13)18/h2-6,10,14H,7H2,1H3,(H3,13,15,16,18). The van der Waals surface area contributed by atoms with Crippen LogP contribution in [-0.2, 0) is 14.3 Å². The summed E-state index contributed by atoms with van der Waals surface area (Å²) >= 11 is 0. The largest absolute Gasteiger partial charge is 0.468 e. The summed E-state index contributed by atoms with van der Waals surface area (Å²) in [4.78, 5) is 33.4. The average Bonchev–Trinajstić information content (AvgIpc) is 2.39. The highest BCUT2D eigenvalue weighted by molar-refractivity contribution is 5.94. The van der Waals surface area contributed by atoms with Crippen LogP contribution in [-0.4, -0.2) is 31.6 Å². The van der Waals surface area contributed by atoms with Crippen molar-refractivity contribution in [3.05, 3.63) is 35.9 Å². The Kier molecular flexibility index (Phi) is 5.49. The van der Waals surface area contributed by atoms with Gasteiger partial charge in [0.15, 0.2) is 0 Å². The van der Waals surface area contributed by atoms with Crippen molar-refractivity contribution in [2.45, 2.75) is 6.04 Å². The molecule has 0 bridgehead atoms. The van der Waals surface area contributed by atoms with Crippen LogP contribution in [0.5, 0.6) is 0 Å². The number of hydrogen-bond donors (Lipinski definition) is 3. The number of carbonyl (C=O) groups excluding carboxylic acids is 3. The summed E-state index contributed by atoms with van der Waals surface area (Å²) < 4.78 is 4.66. The summed E-state index contributed by atoms with van der Waals surface area (Å²) in [5.74, 6) is -1.16. The van der Waals surface area contributed by atoms with Gasteiger partial charge in [-0.1, -0.05) is 30.3 Å². The van der Waals surface area contributed by atoms with E-state index in [1.165, 1.54) is 7.11 Å². The molecule has 0 aliphatic heterocycles. The van der Waals surface area contributed by atoms with Gasteiger partial charge in [0.1, 0.15) is 6.04 Å². The van der Waals surface area contributed by atoms with Crippen LogP contribution < -0.4 is 16.4 Å². The van der Waals surface area contributed by atoms with Crippen molar-refractivity contribution in [3.8, 4) is 0 Å². The topological polar surface area (TPSA) is 111 Å². The van der Waals surface area contributed by atoms with Crippen LogP contribution in [0.4, 0.5) is 4.79 Å². The fraction of sp³-hybridized carbons (Fsp3) is 0.250. The number of primary amides is 1. The molecule has 0 aromatic heterocycles. The molecule has 102 valence electrons. The first kappa shape index (κ1) is 14.7. The highest BCUT2D eigenvalue weighted by atomic mass is 16.5. The quantitative estimate of drug-likeness (QED) is 0.632. The Labute approximate surface area is 110 Å². The lowest BCUT2D eigenvalue weighted by molar-refractivity contribution is -0.143. The highest BCUT2D eigenvalue weighted by Gasteiger charge is 2.21. The molecule has 7 heteroatoms. The molecule has 3 amide bonds. The molecule has 1 rings (SSSR count). The van der Waals surface area contributed by atoms with Crippen molar-refractivity contribution in [2.75, 3.05) is 13.7 Å². The number of methoxy groups -OCH3 is 1. The average molecular weight is 265 g/mol. The minimum atomic E-state index is -0.943. The first-order chi connectivity index (χ1) is 9.04. The third kappa shape index (κ3) is 4.76. The Balaban J connectivity index is 2.69. The molecular weight excluding hydrogens is 250 g/mol. The second-order valence-corrected chi connectivity index (χ2v) is 3.66. The lowest BCUT2D eigenvalue weighted by atomic mass is 10.1. The molecule has 0 aliphatic rings. The molecular formula is C12H15N3O4. The highest BCUT2D eigenvalue weighted by Crippen LogP contribution is 2.13. The van der Waals surface area contributed by atoms with Crippen LogP contribution in [0, 0.1) is 0 Å². The Morgan fingerprint density at radius 1 is 1.26 bits per heavy atom. The predicted molar refractivity (Wildman–Crippen MR) is 66.9 cm³/mol. The fourth-order valence-corrected chi connectivity index (χ4v) is 1.48. The molecule has 1 aromatic rings. The van der Waals surface area contributed by atoms with E-state index >= 15 is 0 Å². The Bertz CT molecular complexity index is 461. The number of imide groups is 1. The SMILES string of the molecule is COC(=O)C(NCC(=O)NC(N)=O)c1ccccc1. The molecule has 19 heavy (non-hydrogen) atoms. The van der Waals surface area contributed by atoms with Gasteiger partial charge in [-0.05, 0) is 5.56 Å². The monoisotopic (exact) mass is 265 g/mol. The van der Waals surface area contributed by atoms with E-state index in [0.717, 1.165) is 0 Å². The van der Waals surface area contributed by atoms with E-state index in [1.807, 2.05) is 5.32 Å². The second-order valence-electron chi connectivity index (χ2n) is 3.66. The maximum atomic E-state index is 11.6. The van der Waals surface area contributed by atoms with Gasteiger partial charge in [0.05, 0.1) is 13.7 Å². The minimum Gasteiger partial charge on any atom is -0.468 e. The predicted octanol–water partition coefficient (Wildman–Crippen LogP) is -0.315. The van der Waals surface area contributed by atoms with Crippen molar-refractivity contribution < 1.29 is 19.1 Å². The van der Waals surface area contributed by atoms with Gasteiger partial charge in [-0.2, -0.15) is 0 Å². The van der Waals surface area contributed by atoms with Crippen LogP contribution >= 0.6 is 0 Å². The molecule has 7 nitrogen and oxygen atoms in total. The summed E-state index contributed by atoms with van der Waals surface area (Å²) in [6, 6.07) is 7.04. The van der Waals surface area contributed by atoms with Crippen molar-refractivity contribution in [1.29, 1.82) is 0 Å². The molecule has 1 aromatic carbocycles. The number of nitrogens with two attached hydrogens (primary N) is 1. The van der Waals surface area contributed by atoms with Crippen LogP contribution in [0.3, 0.4) is 0 Å². The Hall–Kier alpha value is -2.41. The maximum absolute atomic E-state index is 11.6. The van der Waals surface area contributed by atoms with Gasteiger partial charge in [0.25, 0.3) is 0 Å². The number of rotatable bonds is 5. The third-order valence-corrected chi connectivity index (χ3v) is 2.30. The molecule has 0 saturated heterocycles. The number of nitrogens with one attached hydrogen (secondary N) is 2. The molecule has 0 radical (unpaired) electrons. The lowest BCUT2D eigenvalue weighted by Crippen LogP contribution is -2.42. The Morgan fingerprint density at radius 2 is 1.89 bits per heavy atom. The van der Waals surface area contributed by atoms with Crippen molar-refractivity contribution in [2.24, 2.45) is 5.73 Å². The van der Waals surface area contributed by atoms with Gasteiger partial charge < -0.3 is 10.5 Å². The van der Waals surface area contributed by atoms with Gasteiger partial charge >= 0.3 is 12.0 Å². The number of carbonyl (C=O) groups is 3. The number of esters is 1. The molecule has 0 saturated carbocycles. The number of hydrogen-bond acceptors (Lipinski definition) is 5. The third-order valence-electron chi connectivity index (χ3n) is 2.30. The van der Waals surface area contributed by atoms with Crippen LogP contribution in [0.15, 0.2) is 30.3 Å². The lowest BCUT2D eigenvalue weighted by Gasteiger charge is -2.16. The minimum absolute atomic E-state index is 0.238. The number of benzene rings is 1. The zero-order valence-corrected chi connectivity index (χ0v) is 10.4. The zero-order chi connectivity index (χ0) is 14.3. The van der Waals surface area contributed by atoms with E-state index < -0.39 is 23.9 Å². The van der Waals surface area contributed by atoms with Crippen molar-refractivity contribution in [1.82, 2.24) is 10.6 Å². The summed E-state index contributed by atoms with van der Waals surface area (Å²) in [5, 5.41) is 4.59. The molecule has 0 heterocycles. The fourth-order valence-electron chi connectivity index (χ4n) is 1.48. The summed E-state index contributed by atoms with van der Waals surface area (Å²) in [6.45, 7) is -0.238. The van der Waals surface area contributed by atoms with E-state index in [0.29, 0.717) is 5.56 Å². The van der Waals surface area contributed by atoms with Gasteiger partial charge in [0, 0.05) is 0 Å². The second kappa shape index (κ2) is 7.12. The maximum Gasteiger partial charge on any atom is 0.327 e. The van der Waals surface area contributed by atoms with Gasteiger partial charge in [-0.15, -0.1) is 0 Å². The zero-order valence-electron chi connectivity index (χ0n) is 10.4. The number of urea groups is 1. The summed E-state index contributed by atoms with van der Waals surface area (Å²) in [6.07, 6.45) is 0. The van der Waals surface area contributed by atoms with Gasteiger partial charge in [0.2, 0.25) is 5.91 Å². The smallest absolute Gasteiger partial charge is 0.327 e. The molecule has 0 aliphatic carbocycles. The normalized spacial score (nSPS) is 11.4. The Morgan fingerprint density at radius 3 is 2.42 bits per heavy atom. The molecule has 1 unspecified atom stereocenters. The van der Waals surface area contributed by atoms with Crippen LogP contribution in [0.2, 0.25) is 0 Å². The molecule has 0 spiro atoms. The van der Waals surface area contributed by atoms with Crippen LogP contribution in [0.1, 0.15) is 11.6 Å². The molecule has 0 fully saturated rings.